The van der Waals surface area contributed by atoms with E-state index >= 15 is 0 Å². The molecule has 0 atom stereocenters. The van der Waals surface area contributed by atoms with Gasteiger partial charge in [0.05, 0.1) is 0 Å². The number of nitrogens with one attached hydrogen (secondary N) is 2. The highest BCUT2D eigenvalue weighted by atomic mass is 79.9. The lowest BCUT2D eigenvalue weighted by Gasteiger charge is -2.05. The van der Waals surface area contributed by atoms with Crippen LogP contribution in [0.5, 0.6) is 0 Å². The van der Waals surface area contributed by atoms with Gasteiger partial charge in [0, 0.05) is 33.7 Å². The standard InChI is InChI=1S/C18H17BrN2O/c1-12-2-7-17-16(10-12)14(11-21-17)8-9-20-18(22)13-3-5-15(19)6-4-13/h2-7,10-11,21H,8-9H2,1H3,(H,20,22). The average Bonchev–Trinajstić information content (AvgIpc) is 2.90. The van der Waals surface area contributed by atoms with Crippen molar-refractivity contribution in [3.8, 4) is 0 Å². The molecule has 1 heterocycles. The number of aryl methyl sites for hydroxylation is 1. The Hall–Kier alpha value is -2.07. The fourth-order valence-corrected chi connectivity index (χ4v) is 2.78. The molecule has 3 nitrogen and oxygen atoms in total. The van der Waals surface area contributed by atoms with Gasteiger partial charge in [-0.25, -0.2) is 0 Å². The van der Waals surface area contributed by atoms with E-state index in [4.69, 9.17) is 0 Å². The van der Waals surface area contributed by atoms with Crippen molar-refractivity contribution in [2.24, 2.45) is 0 Å². The first-order valence-corrected chi connectivity index (χ1v) is 8.03. The summed E-state index contributed by atoms with van der Waals surface area (Å²) >= 11 is 3.37. The smallest absolute Gasteiger partial charge is 0.251 e. The lowest BCUT2D eigenvalue weighted by molar-refractivity contribution is 0.0954. The van der Waals surface area contributed by atoms with E-state index in [9.17, 15) is 4.79 Å². The van der Waals surface area contributed by atoms with Crippen LogP contribution in [-0.2, 0) is 6.42 Å². The largest absolute Gasteiger partial charge is 0.361 e. The molecule has 0 saturated carbocycles. The number of halogens is 1. The molecule has 3 rings (SSSR count). The Morgan fingerprint density at radius 2 is 1.95 bits per heavy atom. The van der Waals surface area contributed by atoms with Crippen LogP contribution >= 0.6 is 15.9 Å². The molecular weight excluding hydrogens is 340 g/mol. The topological polar surface area (TPSA) is 44.9 Å². The molecule has 0 fully saturated rings. The maximum absolute atomic E-state index is 12.1. The van der Waals surface area contributed by atoms with Crippen molar-refractivity contribution < 1.29 is 4.79 Å². The Morgan fingerprint density at radius 3 is 2.73 bits per heavy atom. The van der Waals surface area contributed by atoms with Gasteiger partial charge in [-0.1, -0.05) is 27.6 Å². The van der Waals surface area contributed by atoms with Crippen LogP contribution in [0.2, 0.25) is 0 Å². The molecule has 112 valence electrons. The molecule has 0 unspecified atom stereocenters. The maximum atomic E-state index is 12.1. The summed E-state index contributed by atoms with van der Waals surface area (Å²) in [6.07, 6.45) is 2.83. The van der Waals surface area contributed by atoms with Gasteiger partial charge in [-0.05, 0) is 55.3 Å². The summed E-state index contributed by atoms with van der Waals surface area (Å²) < 4.78 is 0.971. The van der Waals surface area contributed by atoms with Crippen LogP contribution in [0, 0.1) is 6.92 Å². The lowest BCUT2D eigenvalue weighted by Crippen LogP contribution is -2.25. The number of aromatic amines is 1. The minimum Gasteiger partial charge on any atom is -0.361 e. The molecule has 4 heteroatoms. The number of carbonyl (C=O) groups excluding carboxylic acids is 1. The minimum absolute atomic E-state index is 0.0384. The van der Waals surface area contributed by atoms with Crippen molar-refractivity contribution in [2.75, 3.05) is 6.54 Å². The van der Waals surface area contributed by atoms with Gasteiger partial charge in [-0.2, -0.15) is 0 Å². The summed E-state index contributed by atoms with van der Waals surface area (Å²) in [5.74, 6) is -0.0384. The van der Waals surface area contributed by atoms with Crippen molar-refractivity contribution in [3.05, 3.63) is 69.8 Å². The third kappa shape index (κ3) is 3.22. The van der Waals surface area contributed by atoms with E-state index < -0.39 is 0 Å². The SMILES string of the molecule is Cc1ccc2[nH]cc(CCNC(=O)c3ccc(Br)cc3)c2c1. The van der Waals surface area contributed by atoms with Gasteiger partial charge in [0.25, 0.3) is 5.91 Å². The Balaban J connectivity index is 1.63. The Morgan fingerprint density at radius 1 is 1.18 bits per heavy atom. The van der Waals surface area contributed by atoms with Crippen molar-refractivity contribution in [3.63, 3.8) is 0 Å². The van der Waals surface area contributed by atoms with Gasteiger partial charge >= 0.3 is 0 Å². The molecule has 3 aromatic rings. The number of hydrogen-bond acceptors (Lipinski definition) is 1. The molecule has 0 saturated heterocycles. The zero-order valence-electron chi connectivity index (χ0n) is 12.3. The highest BCUT2D eigenvalue weighted by Gasteiger charge is 2.07. The van der Waals surface area contributed by atoms with E-state index in [0.29, 0.717) is 12.1 Å². The van der Waals surface area contributed by atoms with Crippen LogP contribution in [0.4, 0.5) is 0 Å². The van der Waals surface area contributed by atoms with Crippen LogP contribution in [-0.4, -0.2) is 17.4 Å². The van der Waals surface area contributed by atoms with Crippen LogP contribution in [0.15, 0.2) is 53.1 Å². The van der Waals surface area contributed by atoms with Crippen LogP contribution in [0.25, 0.3) is 10.9 Å². The Labute approximate surface area is 137 Å². The first-order valence-electron chi connectivity index (χ1n) is 7.24. The van der Waals surface area contributed by atoms with Crippen molar-refractivity contribution in [1.29, 1.82) is 0 Å². The highest BCUT2D eigenvalue weighted by Crippen LogP contribution is 2.19. The first kappa shape index (κ1) is 14.9. The van der Waals surface area contributed by atoms with Crippen LogP contribution < -0.4 is 5.32 Å². The highest BCUT2D eigenvalue weighted by molar-refractivity contribution is 9.10. The van der Waals surface area contributed by atoms with Crippen LogP contribution in [0.1, 0.15) is 21.5 Å². The lowest BCUT2D eigenvalue weighted by atomic mass is 10.1. The van der Waals surface area contributed by atoms with Crippen molar-refractivity contribution in [2.45, 2.75) is 13.3 Å². The van der Waals surface area contributed by atoms with Gasteiger partial charge < -0.3 is 10.3 Å². The second kappa shape index (κ2) is 6.36. The summed E-state index contributed by atoms with van der Waals surface area (Å²) in [7, 11) is 0. The summed E-state index contributed by atoms with van der Waals surface area (Å²) in [5, 5.41) is 4.20. The number of benzene rings is 2. The fraction of sp³-hybridized carbons (Fsp3) is 0.167. The summed E-state index contributed by atoms with van der Waals surface area (Å²) in [5.41, 5.74) is 4.29. The zero-order valence-corrected chi connectivity index (χ0v) is 13.9. The Kier molecular flexibility index (Phi) is 4.29. The number of aromatic nitrogens is 1. The summed E-state index contributed by atoms with van der Waals surface area (Å²) in [6.45, 7) is 2.71. The van der Waals surface area contributed by atoms with E-state index in [1.165, 1.54) is 16.5 Å². The normalized spacial score (nSPS) is 10.8. The molecule has 0 aliphatic carbocycles. The molecule has 0 aliphatic rings. The first-order chi connectivity index (χ1) is 10.6. The van der Waals surface area contributed by atoms with Gasteiger partial charge in [0.2, 0.25) is 0 Å². The maximum Gasteiger partial charge on any atom is 0.251 e. The monoisotopic (exact) mass is 356 g/mol. The molecule has 0 aliphatic heterocycles. The predicted octanol–water partition coefficient (Wildman–Crippen LogP) is 4.21. The number of hydrogen-bond donors (Lipinski definition) is 2. The average molecular weight is 357 g/mol. The van der Waals surface area contributed by atoms with Crippen molar-refractivity contribution in [1.82, 2.24) is 10.3 Å². The number of H-pyrrole nitrogens is 1. The second-order valence-electron chi connectivity index (χ2n) is 5.38. The van der Waals surface area contributed by atoms with E-state index in [-0.39, 0.29) is 5.91 Å². The third-order valence-corrected chi connectivity index (χ3v) is 4.24. The molecule has 1 amide bonds. The molecule has 0 spiro atoms. The Bertz CT molecular complexity index is 806. The minimum atomic E-state index is -0.0384. The van der Waals surface area contributed by atoms with Crippen LogP contribution in [0.3, 0.4) is 0 Å². The van der Waals surface area contributed by atoms with Gasteiger partial charge in [-0.3, -0.25) is 4.79 Å². The van der Waals surface area contributed by atoms with Gasteiger partial charge in [-0.15, -0.1) is 0 Å². The van der Waals surface area contributed by atoms with E-state index in [1.807, 2.05) is 30.5 Å². The van der Waals surface area contributed by atoms with E-state index in [1.54, 1.807) is 0 Å². The molecule has 2 aromatic carbocycles. The molecule has 1 aromatic heterocycles. The van der Waals surface area contributed by atoms with E-state index in [0.717, 1.165) is 16.4 Å². The van der Waals surface area contributed by atoms with E-state index in [2.05, 4.69) is 51.4 Å². The molecular formula is C18H17BrN2O. The fourth-order valence-electron chi connectivity index (χ4n) is 2.51. The molecule has 22 heavy (non-hydrogen) atoms. The molecule has 0 radical (unpaired) electrons. The summed E-state index contributed by atoms with van der Waals surface area (Å²) in [4.78, 5) is 15.3. The zero-order chi connectivity index (χ0) is 15.5. The number of amides is 1. The molecule has 0 bridgehead atoms. The second-order valence-corrected chi connectivity index (χ2v) is 6.29. The number of carbonyl (C=O) groups is 1. The van der Waals surface area contributed by atoms with Gasteiger partial charge in [0.1, 0.15) is 0 Å². The quantitative estimate of drug-likeness (QED) is 0.722. The number of rotatable bonds is 4. The van der Waals surface area contributed by atoms with Gasteiger partial charge in [0.15, 0.2) is 0 Å². The molecule has 2 N–H and O–H groups in total. The third-order valence-electron chi connectivity index (χ3n) is 3.71. The van der Waals surface area contributed by atoms with Crippen molar-refractivity contribution >= 4 is 32.7 Å². The summed E-state index contributed by atoms with van der Waals surface area (Å²) in [6, 6.07) is 13.7. The predicted molar refractivity (Wildman–Crippen MR) is 93.2 cm³/mol. The number of fused-ring (bicyclic) bond motifs is 1.